The van der Waals surface area contributed by atoms with Crippen molar-refractivity contribution in [2.24, 2.45) is 5.92 Å². The fourth-order valence-electron chi connectivity index (χ4n) is 0.997. The molecule has 0 saturated heterocycles. The van der Waals surface area contributed by atoms with Crippen molar-refractivity contribution >= 4 is 12.0 Å². The molecular weight excluding hydrogens is 240 g/mol. The third kappa shape index (κ3) is 9.86. The van der Waals surface area contributed by atoms with Crippen LogP contribution in [0.3, 0.4) is 0 Å². The lowest BCUT2D eigenvalue weighted by molar-refractivity contribution is -0.146. The smallest absolute Gasteiger partial charge is 0.334 e. The van der Waals surface area contributed by atoms with Crippen molar-refractivity contribution < 1.29 is 24.5 Å². The lowest BCUT2D eigenvalue weighted by atomic mass is 10.1. The van der Waals surface area contributed by atoms with Gasteiger partial charge in [0.05, 0.1) is 13.2 Å². The van der Waals surface area contributed by atoms with Crippen LogP contribution in [0, 0.1) is 5.92 Å². The fraction of sp³-hybridized carbons (Fsp3) is 0.818. The molecule has 0 radical (unpaired) electrons. The SMILES string of the molecule is CC(C)CCOCCNC(=O)NC[C@H](O)C(=O)O. The maximum atomic E-state index is 11.1. The zero-order chi connectivity index (χ0) is 14.0. The lowest BCUT2D eigenvalue weighted by Crippen LogP contribution is -2.42. The molecule has 0 bridgehead atoms. The van der Waals surface area contributed by atoms with Gasteiger partial charge in [0.1, 0.15) is 0 Å². The second-order valence-corrected chi connectivity index (χ2v) is 4.29. The van der Waals surface area contributed by atoms with Gasteiger partial charge in [0.25, 0.3) is 0 Å². The molecule has 0 aromatic heterocycles. The number of hydrogen-bond donors (Lipinski definition) is 4. The zero-order valence-electron chi connectivity index (χ0n) is 10.8. The van der Waals surface area contributed by atoms with E-state index < -0.39 is 18.1 Å². The third-order valence-electron chi connectivity index (χ3n) is 2.11. The van der Waals surface area contributed by atoms with Crippen LogP contribution >= 0.6 is 0 Å². The summed E-state index contributed by atoms with van der Waals surface area (Å²) in [7, 11) is 0. The first-order valence-corrected chi connectivity index (χ1v) is 5.93. The minimum Gasteiger partial charge on any atom is -0.479 e. The second kappa shape index (κ2) is 9.67. The van der Waals surface area contributed by atoms with Gasteiger partial charge in [0.2, 0.25) is 0 Å². The van der Waals surface area contributed by atoms with Crippen molar-refractivity contribution in [3.63, 3.8) is 0 Å². The molecule has 0 rings (SSSR count). The second-order valence-electron chi connectivity index (χ2n) is 4.29. The van der Waals surface area contributed by atoms with Crippen molar-refractivity contribution in [1.29, 1.82) is 0 Å². The van der Waals surface area contributed by atoms with Gasteiger partial charge < -0.3 is 25.6 Å². The summed E-state index contributed by atoms with van der Waals surface area (Å²) in [6.07, 6.45) is -0.616. The summed E-state index contributed by atoms with van der Waals surface area (Å²) in [5, 5.41) is 22.0. The number of carbonyl (C=O) groups is 2. The molecule has 0 spiro atoms. The number of hydrogen-bond acceptors (Lipinski definition) is 4. The molecule has 0 heterocycles. The number of carboxylic acid groups (broad SMARTS) is 1. The van der Waals surface area contributed by atoms with Crippen molar-refractivity contribution in [1.82, 2.24) is 10.6 Å². The molecule has 0 aliphatic rings. The number of aliphatic hydroxyl groups is 1. The number of nitrogens with one attached hydrogen (secondary N) is 2. The standard InChI is InChI=1S/C11H22N2O5/c1-8(2)3-5-18-6-4-12-11(17)13-7-9(14)10(15)16/h8-9,14H,3-7H2,1-2H3,(H,15,16)(H2,12,13,17)/t9-/m0/s1. The Bertz CT molecular complexity index is 258. The number of urea groups is 1. The van der Waals surface area contributed by atoms with Crippen LogP contribution < -0.4 is 10.6 Å². The Hall–Kier alpha value is -1.34. The third-order valence-corrected chi connectivity index (χ3v) is 2.11. The Balaban J connectivity index is 3.40. The van der Waals surface area contributed by atoms with E-state index in [4.69, 9.17) is 14.9 Å². The van der Waals surface area contributed by atoms with Crippen LogP contribution in [0.1, 0.15) is 20.3 Å². The van der Waals surface area contributed by atoms with Gasteiger partial charge in [-0.05, 0) is 12.3 Å². The molecule has 1 atom stereocenters. The first-order valence-electron chi connectivity index (χ1n) is 5.93. The molecule has 0 aromatic rings. The molecule has 0 saturated carbocycles. The van der Waals surface area contributed by atoms with E-state index in [9.17, 15) is 9.59 Å². The molecule has 0 unspecified atom stereocenters. The van der Waals surface area contributed by atoms with Crippen molar-refractivity contribution in [3.8, 4) is 0 Å². The minimum absolute atomic E-state index is 0.324. The molecule has 0 aromatic carbocycles. The first-order chi connectivity index (χ1) is 8.43. The Morgan fingerprint density at radius 1 is 1.22 bits per heavy atom. The van der Waals surface area contributed by atoms with E-state index in [1.54, 1.807) is 0 Å². The maximum absolute atomic E-state index is 11.1. The molecule has 4 N–H and O–H groups in total. The number of carboxylic acids is 1. The Morgan fingerprint density at radius 2 is 1.89 bits per heavy atom. The normalized spacial score (nSPS) is 12.2. The number of rotatable bonds is 9. The van der Waals surface area contributed by atoms with Crippen LogP contribution in [-0.2, 0) is 9.53 Å². The molecule has 7 heteroatoms. The Kier molecular flexibility index (Phi) is 8.95. The highest BCUT2D eigenvalue weighted by atomic mass is 16.5. The fourth-order valence-corrected chi connectivity index (χ4v) is 0.997. The van der Waals surface area contributed by atoms with Gasteiger partial charge in [-0.2, -0.15) is 0 Å². The van der Waals surface area contributed by atoms with Crippen LogP contribution in [0.15, 0.2) is 0 Å². The summed E-state index contributed by atoms with van der Waals surface area (Å²) in [6.45, 7) is 5.27. The molecule has 0 aliphatic heterocycles. The lowest BCUT2D eigenvalue weighted by Gasteiger charge is -2.10. The summed E-state index contributed by atoms with van der Waals surface area (Å²) in [6, 6.07) is -0.525. The van der Waals surface area contributed by atoms with Gasteiger partial charge in [-0.15, -0.1) is 0 Å². The van der Waals surface area contributed by atoms with E-state index in [2.05, 4.69) is 24.5 Å². The minimum atomic E-state index is -1.59. The van der Waals surface area contributed by atoms with Crippen LogP contribution in [0.25, 0.3) is 0 Å². The first kappa shape index (κ1) is 16.7. The molecule has 0 fully saturated rings. The van der Waals surface area contributed by atoms with E-state index in [1.807, 2.05) is 0 Å². The average molecular weight is 262 g/mol. The van der Waals surface area contributed by atoms with Gasteiger partial charge in [-0.3, -0.25) is 0 Å². The predicted molar refractivity (Wildman–Crippen MR) is 65.3 cm³/mol. The summed E-state index contributed by atoms with van der Waals surface area (Å²) in [5.41, 5.74) is 0. The quantitative estimate of drug-likeness (QED) is 0.430. The highest BCUT2D eigenvalue weighted by Crippen LogP contribution is 1.98. The van der Waals surface area contributed by atoms with Crippen molar-refractivity contribution in [3.05, 3.63) is 0 Å². The zero-order valence-corrected chi connectivity index (χ0v) is 10.8. The van der Waals surface area contributed by atoms with E-state index in [0.717, 1.165) is 6.42 Å². The molecule has 7 nitrogen and oxygen atoms in total. The van der Waals surface area contributed by atoms with E-state index in [0.29, 0.717) is 25.7 Å². The average Bonchev–Trinajstić information content (AvgIpc) is 2.29. The Labute approximate surface area is 107 Å². The number of aliphatic carboxylic acids is 1. The van der Waals surface area contributed by atoms with Crippen LogP contribution in [0.2, 0.25) is 0 Å². The molecule has 0 aliphatic carbocycles. The van der Waals surface area contributed by atoms with Crippen LogP contribution in [0.4, 0.5) is 4.79 Å². The highest BCUT2D eigenvalue weighted by molar-refractivity contribution is 5.76. The summed E-state index contributed by atoms with van der Waals surface area (Å²) < 4.78 is 5.27. The van der Waals surface area contributed by atoms with Crippen LogP contribution in [0.5, 0.6) is 0 Å². The summed E-state index contributed by atoms with van der Waals surface area (Å²) >= 11 is 0. The van der Waals surface area contributed by atoms with Crippen molar-refractivity contribution in [2.75, 3.05) is 26.3 Å². The predicted octanol–water partition coefficient (Wildman–Crippen LogP) is -0.206. The number of carbonyl (C=O) groups excluding carboxylic acids is 1. The van der Waals surface area contributed by atoms with E-state index in [1.165, 1.54) is 0 Å². The van der Waals surface area contributed by atoms with E-state index >= 15 is 0 Å². The van der Waals surface area contributed by atoms with Gasteiger partial charge in [0, 0.05) is 13.2 Å². The van der Waals surface area contributed by atoms with Crippen molar-refractivity contribution in [2.45, 2.75) is 26.4 Å². The largest absolute Gasteiger partial charge is 0.479 e. The maximum Gasteiger partial charge on any atom is 0.334 e. The van der Waals surface area contributed by atoms with Crippen LogP contribution in [-0.4, -0.2) is 54.6 Å². The van der Waals surface area contributed by atoms with Gasteiger partial charge in [0.15, 0.2) is 6.10 Å². The molecule has 18 heavy (non-hydrogen) atoms. The molecule has 2 amide bonds. The number of aliphatic hydroxyl groups excluding tert-OH is 1. The molecule has 106 valence electrons. The van der Waals surface area contributed by atoms with Gasteiger partial charge >= 0.3 is 12.0 Å². The number of ether oxygens (including phenoxy) is 1. The summed E-state index contributed by atoms with van der Waals surface area (Å²) in [5.74, 6) is -0.786. The van der Waals surface area contributed by atoms with E-state index in [-0.39, 0.29) is 6.54 Å². The monoisotopic (exact) mass is 262 g/mol. The molecular formula is C11H22N2O5. The highest BCUT2D eigenvalue weighted by Gasteiger charge is 2.13. The van der Waals surface area contributed by atoms with Gasteiger partial charge in [-0.1, -0.05) is 13.8 Å². The summed E-state index contributed by atoms with van der Waals surface area (Å²) in [4.78, 5) is 21.4. The Morgan fingerprint density at radius 3 is 2.44 bits per heavy atom. The topological polar surface area (TPSA) is 108 Å². The van der Waals surface area contributed by atoms with Gasteiger partial charge in [-0.25, -0.2) is 9.59 Å². The number of amides is 2.